The van der Waals surface area contributed by atoms with Gasteiger partial charge < -0.3 is 9.32 Å². The summed E-state index contributed by atoms with van der Waals surface area (Å²) in [5, 5.41) is 0. The third kappa shape index (κ3) is 3.62. The average molecular weight is 434 g/mol. The van der Waals surface area contributed by atoms with Crippen molar-refractivity contribution >= 4 is 16.9 Å². The van der Waals surface area contributed by atoms with Crippen molar-refractivity contribution in [2.75, 3.05) is 6.54 Å². The Morgan fingerprint density at radius 1 is 1.19 bits per heavy atom. The minimum atomic E-state index is -0.293. The first-order valence-electron chi connectivity index (χ1n) is 10.6. The van der Waals surface area contributed by atoms with Crippen LogP contribution >= 0.6 is 0 Å². The molecule has 1 aliphatic heterocycles. The van der Waals surface area contributed by atoms with Gasteiger partial charge in [0.25, 0.3) is 0 Å². The summed E-state index contributed by atoms with van der Waals surface area (Å²) in [6.07, 6.45) is 3.64. The van der Waals surface area contributed by atoms with Gasteiger partial charge in [0, 0.05) is 20.0 Å². The molecule has 4 aromatic rings. The number of halogens is 1. The van der Waals surface area contributed by atoms with Crippen LogP contribution in [-0.2, 0) is 24.8 Å². The Morgan fingerprint density at radius 2 is 2.00 bits per heavy atom. The van der Waals surface area contributed by atoms with Gasteiger partial charge in [-0.1, -0.05) is 24.3 Å². The first kappa shape index (κ1) is 20.2. The Morgan fingerprint density at radius 3 is 2.81 bits per heavy atom. The van der Waals surface area contributed by atoms with Gasteiger partial charge in [0.15, 0.2) is 0 Å². The molecule has 0 aliphatic carbocycles. The second-order valence-corrected chi connectivity index (χ2v) is 8.13. The Bertz CT molecular complexity index is 1350. The highest BCUT2D eigenvalue weighted by atomic mass is 19.1. The number of nitrogens with zero attached hydrogens (tertiary/aromatic N) is 4. The quantitative estimate of drug-likeness (QED) is 0.483. The maximum atomic E-state index is 13.5. The van der Waals surface area contributed by atoms with E-state index >= 15 is 0 Å². The number of fused-ring (bicyclic) bond motifs is 1. The minimum Gasteiger partial charge on any atom is -0.443 e. The molecule has 1 amide bonds. The Balaban J connectivity index is 1.35. The van der Waals surface area contributed by atoms with E-state index in [1.165, 1.54) is 16.7 Å². The lowest BCUT2D eigenvalue weighted by Gasteiger charge is -2.22. The molecule has 2 aromatic heterocycles. The topological polar surface area (TPSA) is 73.3 Å². The number of benzene rings is 2. The van der Waals surface area contributed by atoms with Gasteiger partial charge in [-0.05, 0) is 42.7 Å². The lowest BCUT2D eigenvalue weighted by Crippen LogP contribution is -2.36. The van der Waals surface area contributed by atoms with Crippen molar-refractivity contribution in [1.29, 1.82) is 0 Å². The third-order valence-electron chi connectivity index (χ3n) is 6.04. The SMILES string of the molecule is Cn1c(=O)n(CC(=O)N2CCCC2c2ncc(Cc3cccc(F)c3)o2)c2ccccc21. The first-order valence-corrected chi connectivity index (χ1v) is 10.6. The van der Waals surface area contributed by atoms with Gasteiger partial charge in [-0.25, -0.2) is 14.2 Å². The van der Waals surface area contributed by atoms with E-state index in [4.69, 9.17) is 4.42 Å². The fourth-order valence-electron chi connectivity index (χ4n) is 4.47. The van der Waals surface area contributed by atoms with Crippen molar-refractivity contribution in [2.24, 2.45) is 7.05 Å². The van der Waals surface area contributed by atoms with Crippen molar-refractivity contribution < 1.29 is 13.6 Å². The summed E-state index contributed by atoms with van der Waals surface area (Å²) in [5.41, 5.74) is 2.10. The molecule has 1 saturated heterocycles. The summed E-state index contributed by atoms with van der Waals surface area (Å²) in [6, 6.07) is 13.5. The number of hydrogen-bond acceptors (Lipinski definition) is 4. The van der Waals surface area contributed by atoms with Crippen LogP contribution in [0.25, 0.3) is 11.0 Å². The van der Waals surface area contributed by atoms with Crippen LogP contribution in [0.4, 0.5) is 4.39 Å². The van der Waals surface area contributed by atoms with E-state index in [1.807, 2.05) is 30.3 Å². The summed E-state index contributed by atoms with van der Waals surface area (Å²) in [7, 11) is 1.71. The van der Waals surface area contributed by atoms with E-state index in [2.05, 4.69) is 4.98 Å². The smallest absolute Gasteiger partial charge is 0.329 e. The molecule has 0 spiro atoms. The summed E-state index contributed by atoms with van der Waals surface area (Å²) in [6.45, 7) is 0.554. The number of amides is 1. The molecule has 0 N–H and O–H groups in total. The summed E-state index contributed by atoms with van der Waals surface area (Å²) in [4.78, 5) is 32.0. The molecule has 7 nitrogen and oxygen atoms in total. The van der Waals surface area contributed by atoms with E-state index in [0.29, 0.717) is 24.6 Å². The van der Waals surface area contributed by atoms with Crippen LogP contribution in [0.15, 0.2) is 63.9 Å². The molecule has 0 saturated carbocycles. The lowest BCUT2D eigenvalue weighted by molar-refractivity contribution is -0.133. The van der Waals surface area contributed by atoms with Crippen LogP contribution in [0.3, 0.4) is 0 Å². The van der Waals surface area contributed by atoms with E-state index in [0.717, 1.165) is 29.4 Å². The van der Waals surface area contributed by atoms with Crippen LogP contribution in [-0.4, -0.2) is 31.5 Å². The number of hydrogen-bond donors (Lipinski definition) is 0. The van der Waals surface area contributed by atoms with Crippen molar-refractivity contribution in [1.82, 2.24) is 19.0 Å². The molecule has 1 fully saturated rings. The molecule has 2 aromatic carbocycles. The van der Waals surface area contributed by atoms with Gasteiger partial charge in [-0.2, -0.15) is 0 Å². The van der Waals surface area contributed by atoms with Crippen molar-refractivity contribution in [2.45, 2.75) is 31.8 Å². The number of imidazole rings is 1. The molecule has 5 rings (SSSR count). The van der Waals surface area contributed by atoms with Gasteiger partial charge in [-0.15, -0.1) is 0 Å². The van der Waals surface area contributed by atoms with Crippen LogP contribution in [0.2, 0.25) is 0 Å². The van der Waals surface area contributed by atoms with E-state index < -0.39 is 0 Å². The Hall–Kier alpha value is -3.68. The van der Waals surface area contributed by atoms with E-state index in [9.17, 15) is 14.0 Å². The largest absolute Gasteiger partial charge is 0.443 e. The summed E-state index contributed by atoms with van der Waals surface area (Å²) >= 11 is 0. The second-order valence-electron chi connectivity index (χ2n) is 8.13. The predicted octanol–water partition coefficient (Wildman–Crippen LogP) is 3.42. The standard InChI is InChI=1S/C24H23FN4O3/c1-27-19-8-2-3-9-20(19)29(24(27)31)15-22(30)28-11-5-10-21(28)23-26-14-18(32-23)13-16-6-4-7-17(25)12-16/h2-4,6-9,12,14,21H,5,10-11,13,15H2,1H3. The fraction of sp³-hybridized carbons (Fsp3) is 0.292. The van der Waals surface area contributed by atoms with Crippen LogP contribution in [0.5, 0.6) is 0 Å². The van der Waals surface area contributed by atoms with Gasteiger partial charge in [-0.3, -0.25) is 13.9 Å². The summed E-state index contributed by atoms with van der Waals surface area (Å²) < 4.78 is 22.5. The molecule has 164 valence electrons. The molecule has 1 atom stereocenters. The molecule has 0 bridgehead atoms. The molecule has 0 radical (unpaired) electrons. The number of carbonyl (C=O) groups is 1. The van der Waals surface area contributed by atoms with Crippen LogP contribution < -0.4 is 5.69 Å². The third-order valence-corrected chi connectivity index (χ3v) is 6.04. The number of likely N-dealkylation sites (tertiary alicyclic amines) is 1. The zero-order chi connectivity index (χ0) is 22.2. The number of oxazole rings is 1. The first-order chi connectivity index (χ1) is 15.5. The highest BCUT2D eigenvalue weighted by Crippen LogP contribution is 2.32. The predicted molar refractivity (Wildman–Crippen MR) is 117 cm³/mol. The zero-order valence-corrected chi connectivity index (χ0v) is 17.7. The maximum Gasteiger partial charge on any atom is 0.329 e. The summed E-state index contributed by atoms with van der Waals surface area (Å²) in [5.74, 6) is 0.664. The van der Waals surface area contributed by atoms with Gasteiger partial charge >= 0.3 is 5.69 Å². The number of aryl methyl sites for hydroxylation is 1. The molecule has 3 heterocycles. The molecule has 1 unspecified atom stereocenters. The second kappa shape index (κ2) is 8.11. The maximum absolute atomic E-state index is 13.5. The van der Waals surface area contributed by atoms with Gasteiger partial charge in [0.2, 0.25) is 11.8 Å². The molecular formula is C24H23FN4O3. The Labute approximate surface area is 183 Å². The molecular weight excluding hydrogens is 411 g/mol. The highest BCUT2D eigenvalue weighted by molar-refractivity contribution is 5.81. The number of para-hydroxylation sites is 2. The van der Waals surface area contributed by atoms with Crippen molar-refractivity contribution in [3.05, 3.63) is 88.2 Å². The normalized spacial score (nSPS) is 16.2. The molecule has 1 aliphatic rings. The fourth-order valence-corrected chi connectivity index (χ4v) is 4.47. The van der Waals surface area contributed by atoms with Crippen LogP contribution in [0.1, 0.15) is 36.1 Å². The Kier molecular flexibility index (Phi) is 5.13. The molecule has 32 heavy (non-hydrogen) atoms. The van der Waals surface area contributed by atoms with Gasteiger partial charge in [0.1, 0.15) is 24.2 Å². The lowest BCUT2D eigenvalue weighted by atomic mass is 10.1. The van der Waals surface area contributed by atoms with E-state index in [-0.39, 0.29) is 30.0 Å². The number of aromatic nitrogens is 3. The van der Waals surface area contributed by atoms with Gasteiger partial charge in [0.05, 0.1) is 17.2 Å². The zero-order valence-electron chi connectivity index (χ0n) is 17.7. The highest BCUT2D eigenvalue weighted by Gasteiger charge is 2.33. The average Bonchev–Trinajstić information content (AvgIpc) is 3.50. The number of rotatable bonds is 5. The van der Waals surface area contributed by atoms with Crippen LogP contribution in [0, 0.1) is 5.82 Å². The van der Waals surface area contributed by atoms with Crippen molar-refractivity contribution in [3.63, 3.8) is 0 Å². The van der Waals surface area contributed by atoms with E-state index in [1.54, 1.807) is 28.8 Å². The van der Waals surface area contributed by atoms with Crippen molar-refractivity contribution in [3.8, 4) is 0 Å². The minimum absolute atomic E-state index is 0.0342. The molecule has 8 heteroatoms. The number of carbonyl (C=O) groups excluding carboxylic acids is 1. The monoisotopic (exact) mass is 434 g/mol.